The van der Waals surface area contributed by atoms with Crippen LogP contribution < -0.4 is 15.1 Å². The summed E-state index contributed by atoms with van der Waals surface area (Å²) in [4.78, 5) is 33.8. The highest BCUT2D eigenvalue weighted by Crippen LogP contribution is 2.40. The first-order valence-electron chi connectivity index (χ1n) is 8.51. The van der Waals surface area contributed by atoms with Crippen molar-refractivity contribution in [2.45, 2.75) is 20.3 Å². The van der Waals surface area contributed by atoms with E-state index in [4.69, 9.17) is 30.5 Å². The molecule has 1 aromatic heterocycles. The summed E-state index contributed by atoms with van der Waals surface area (Å²) in [5, 5.41) is 0.694. The first-order valence-corrected chi connectivity index (χ1v) is 9.68. The molecule has 146 valence electrons. The van der Waals surface area contributed by atoms with E-state index in [9.17, 15) is 9.59 Å². The van der Waals surface area contributed by atoms with E-state index in [0.29, 0.717) is 32.8 Å². The Hall–Kier alpha value is -2.51. The second kappa shape index (κ2) is 8.67. The summed E-state index contributed by atoms with van der Waals surface area (Å²) in [7, 11) is 0. The summed E-state index contributed by atoms with van der Waals surface area (Å²) in [6, 6.07) is 9.51. The number of benzene rings is 2. The molecule has 8 heteroatoms. The van der Waals surface area contributed by atoms with Gasteiger partial charge in [-0.05, 0) is 41.1 Å². The highest BCUT2D eigenvalue weighted by Gasteiger charge is 2.18. The van der Waals surface area contributed by atoms with Crippen LogP contribution in [0.3, 0.4) is 0 Å². The molecule has 3 aromatic rings. The molecule has 0 unspecified atom stereocenters. The van der Waals surface area contributed by atoms with Gasteiger partial charge in [0, 0.05) is 18.6 Å². The van der Waals surface area contributed by atoms with Crippen molar-refractivity contribution in [1.82, 2.24) is 0 Å². The minimum Gasteiger partial charge on any atom is -0.493 e. The standard InChI is InChI=1S/C20H16BrClO6/c1-3-19(24)28-27-18-8-12(16(25-4-2)9-13(18)21)17-10-15(23)11-6-5-7-14(22)20(11)26-17/h5-10H,3-4H2,1-2H3. The normalized spacial score (nSPS) is 10.7. The smallest absolute Gasteiger partial charge is 0.355 e. The van der Waals surface area contributed by atoms with Crippen LogP contribution in [0, 0.1) is 0 Å². The molecule has 0 fully saturated rings. The maximum Gasteiger partial charge on any atom is 0.355 e. The number of fused-ring (bicyclic) bond motifs is 1. The Morgan fingerprint density at radius 2 is 1.96 bits per heavy atom. The Morgan fingerprint density at radius 1 is 1.18 bits per heavy atom. The quantitative estimate of drug-likeness (QED) is 0.351. The molecule has 3 rings (SSSR count). The third kappa shape index (κ3) is 4.15. The fourth-order valence-corrected chi connectivity index (χ4v) is 3.09. The number of carbonyl (C=O) groups is 1. The summed E-state index contributed by atoms with van der Waals surface area (Å²) in [6.45, 7) is 3.87. The first kappa shape index (κ1) is 20.2. The van der Waals surface area contributed by atoms with Crippen LogP contribution in [0.1, 0.15) is 20.3 Å². The summed E-state index contributed by atoms with van der Waals surface area (Å²) >= 11 is 9.54. The predicted molar refractivity (Wildman–Crippen MR) is 109 cm³/mol. The van der Waals surface area contributed by atoms with E-state index in [1.807, 2.05) is 6.92 Å². The largest absolute Gasteiger partial charge is 0.493 e. The van der Waals surface area contributed by atoms with Gasteiger partial charge in [0.25, 0.3) is 0 Å². The zero-order chi connectivity index (χ0) is 20.3. The maximum atomic E-state index is 12.5. The highest BCUT2D eigenvalue weighted by atomic mass is 79.9. The van der Waals surface area contributed by atoms with Gasteiger partial charge < -0.3 is 9.15 Å². The van der Waals surface area contributed by atoms with Crippen molar-refractivity contribution in [2.24, 2.45) is 0 Å². The van der Waals surface area contributed by atoms with E-state index >= 15 is 0 Å². The lowest BCUT2D eigenvalue weighted by Crippen LogP contribution is -2.07. The zero-order valence-electron chi connectivity index (χ0n) is 15.1. The second-order valence-electron chi connectivity index (χ2n) is 5.70. The van der Waals surface area contributed by atoms with Crippen LogP contribution in [0.15, 0.2) is 50.1 Å². The van der Waals surface area contributed by atoms with Crippen LogP contribution in [0.2, 0.25) is 5.02 Å². The Bertz CT molecular complexity index is 1090. The molecule has 0 aliphatic heterocycles. The molecule has 0 bridgehead atoms. The lowest BCUT2D eigenvalue weighted by Gasteiger charge is -2.13. The van der Waals surface area contributed by atoms with Crippen LogP contribution in [-0.2, 0) is 9.68 Å². The fourth-order valence-electron chi connectivity index (χ4n) is 2.49. The summed E-state index contributed by atoms with van der Waals surface area (Å²) in [5.74, 6) is 0.403. The van der Waals surface area contributed by atoms with Crippen molar-refractivity contribution < 1.29 is 23.7 Å². The lowest BCUT2D eigenvalue weighted by atomic mass is 10.1. The zero-order valence-corrected chi connectivity index (χ0v) is 17.4. The van der Waals surface area contributed by atoms with E-state index in [2.05, 4.69) is 15.9 Å². The van der Waals surface area contributed by atoms with Crippen LogP contribution in [0.4, 0.5) is 0 Å². The molecule has 0 atom stereocenters. The molecule has 0 saturated heterocycles. The molecular weight excluding hydrogens is 452 g/mol. The molecule has 6 nitrogen and oxygen atoms in total. The number of ether oxygens (including phenoxy) is 1. The summed E-state index contributed by atoms with van der Waals surface area (Å²) < 4.78 is 12.1. The number of halogens is 2. The van der Waals surface area contributed by atoms with E-state index in [1.165, 1.54) is 6.07 Å². The predicted octanol–water partition coefficient (Wildman–Crippen LogP) is 5.52. The van der Waals surface area contributed by atoms with Gasteiger partial charge in [0.15, 0.2) is 16.8 Å². The summed E-state index contributed by atoms with van der Waals surface area (Å²) in [6.07, 6.45) is 0.166. The molecule has 0 saturated carbocycles. The maximum absolute atomic E-state index is 12.5. The third-order valence-corrected chi connectivity index (χ3v) is 4.74. The van der Waals surface area contributed by atoms with Crippen LogP contribution >= 0.6 is 27.5 Å². The molecule has 0 spiro atoms. The van der Waals surface area contributed by atoms with Crippen LogP contribution in [-0.4, -0.2) is 12.6 Å². The van der Waals surface area contributed by atoms with E-state index in [1.54, 1.807) is 37.3 Å². The van der Waals surface area contributed by atoms with Crippen LogP contribution in [0.5, 0.6) is 11.5 Å². The average Bonchev–Trinajstić information content (AvgIpc) is 2.68. The van der Waals surface area contributed by atoms with Crippen LogP contribution in [0.25, 0.3) is 22.3 Å². The van der Waals surface area contributed by atoms with Crippen molar-refractivity contribution in [3.63, 3.8) is 0 Å². The number of hydrogen-bond donors (Lipinski definition) is 0. The third-order valence-electron chi connectivity index (χ3n) is 3.82. The van der Waals surface area contributed by atoms with Crippen molar-refractivity contribution in [1.29, 1.82) is 0 Å². The lowest BCUT2D eigenvalue weighted by molar-refractivity contribution is -0.213. The Labute approximate surface area is 174 Å². The van der Waals surface area contributed by atoms with Gasteiger partial charge in [-0.25, -0.2) is 4.79 Å². The van der Waals surface area contributed by atoms with Crippen molar-refractivity contribution >= 4 is 44.5 Å². The molecule has 2 aromatic carbocycles. The Balaban J connectivity index is 2.16. The van der Waals surface area contributed by atoms with Gasteiger partial charge in [-0.3, -0.25) is 14.6 Å². The van der Waals surface area contributed by atoms with Gasteiger partial charge in [0.05, 0.1) is 27.1 Å². The minimum atomic E-state index is -0.522. The molecule has 0 aliphatic rings. The Kier molecular flexibility index (Phi) is 6.26. The number of hydrogen-bond acceptors (Lipinski definition) is 6. The van der Waals surface area contributed by atoms with E-state index in [-0.39, 0.29) is 28.9 Å². The van der Waals surface area contributed by atoms with Gasteiger partial charge >= 0.3 is 5.97 Å². The highest BCUT2D eigenvalue weighted by molar-refractivity contribution is 9.10. The van der Waals surface area contributed by atoms with E-state index in [0.717, 1.165) is 0 Å². The van der Waals surface area contributed by atoms with Crippen molar-refractivity contribution in [3.05, 3.63) is 56.1 Å². The molecule has 0 amide bonds. The van der Waals surface area contributed by atoms with Gasteiger partial charge in [0.2, 0.25) is 0 Å². The molecular formula is C20H16BrClO6. The number of rotatable bonds is 6. The monoisotopic (exact) mass is 466 g/mol. The second-order valence-corrected chi connectivity index (χ2v) is 6.96. The first-order chi connectivity index (χ1) is 13.4. The molecule has 0 radical (unpaired) electrons. The van der Waals surface area contributed by atoms with Crippen molar-refractivity contribution in [3.8, 4) is 22.8 Å². The number of para-hydroxylation sites is 1. The SMILES string of the molecule is CCOc1cc(Br)c(OOC(=O)CC)cc1-c1cc(=O)c2cccc(Cl)c2o1. The fraction of sp³-hybridized carbons (Fsp3) is 0.200. The molecule has 0 aliphatic carbocycles. The molecule has 28 heavy (non-hydrogen) atoms. The average molecular weight is 468 g/mol. The van der Waals surface area contributed by atoms with E-state index < -0.39 is 5.97 Å². The van der Waals surface area contributed by atoms with Gasteiger partial charge in [0.1, 0.15) is 11.5 Å². The molecule has 0 N–H and O–H groups in total. The van der Waals surface area contributed by atoms with Gasteiger partial charge in [-0.2, -0.15) is 0 Å². The Morgan fingerprint density at radius 3 is 2.68 bits per heavy atom. The minimum absolute atomic E-state index is 0.166. The van der Waals surface area contributed by atoms with Gasteiger partial charge in [-0.1, -0.05) is 24.6 Å². The summed E-state index contributed by atoms with van der Waals surface area (Å²) in [5.41, 5.74) is 0.479. The number of carbonyl (C=O) groups excluding carboxylic acids is 1. The van der Waals surface area contributed by atoms with Crippen molar-refractivity contribution in [2.75, 3.05) is 6.61 Å². The topological polar surface area (TPSA) is 75.0 Å². The van der Waals surface area contributed by atoms with Gasteiger partial charge in [-0.15, -0.1) is 0 Å². The molecule has 1 heterocycles.